The Bertz CT molecular complexity index is 762. The zero-order valence-corrected chi connectivity index (χ0v) is 18.2. The first kappa shape index (κ1) is 20.7. The van der Waals surface area contributed by atoms with Crippen LogP contribution in [0.15, 0.2) is 34.8 Å². The van der Waals surface area contributed by atoms with E-state index >= 15 is 0 Å². The van der Waals surface area contributed by atoms with Gasteiger partial charge in [-0.1, -0.05) is 29.3 Å². The number of halogens is 3. The Morgan fingerprint density at radius 3 is 2.70 bits per heavy atom. The van der Waals surface area contributed by atoms with E-state index in [1.165, 1.54) is 0 Å². The zero-order chi connectivity index (χ0) is 19.2. The molecule has 146 valence electrons. The quantitative estimate of drug-likeness (QED) is 0.539. The van der Waals surface area contributed by atoms with Crippen LogP contribution in [0, 0.1) is 0 Å². The molecule has 1 fully saturated rings. The van der Waals surface area contributed by atoms with Gasteiger partial charge in [0, 0.05) is 35.3 Å². The number of hydrogen-bond acceptors (Lipinski definition) is 4. The van der Waals surface area contributed by atoms with Crippen LogP contribution < -0.4 is 14.8 Å². The first-order valence-electron chi connectivity index (χ1n) is 8.83. The fourth-order valence-electron chi connectivity index (χ4n) is 3.01. The molecule has 0 unspecified atom stereocenters. The fourth-order valence-corrected chi connectivity index (χ4v) is 4.12. The van der Waals surface area contributed by atoms with Gasteiger partial charge < -0.3 is 19.5 Å². The maximum atomic E-state index is 6.22. The molecule has 1 aliphatic heterocycles. The monoisotopic (exact) mass is 473 g/mol. The summed E-state index contributed by atoms with van der Waals surface area (Å²) in [6, 6.07) is 9.39. The molecule has 2 aromatic carbocycles. The molecule has 0 spiro atoms. The van der Waals surface area contributed by atoms with E-state index in [2.05, 4.69) is 21.2 Å². The third-order valence-electron chi connectivity index (χ3n) is 4.44. The van der Waals surface area contributed by atoms with Crippen LogP contribution in [0.4, 0.5) is 0 Å². The third-order valence-corrected chi connectivity index (χ3v) is 5.73. The van der Waals surface area contributed by atoms with Crippen molar-refractivity contribution in [2.75, 3.05) is 20.3 Å². The summed E-state index contributed by atoms with van der Waals surface area (Å²) >= 11 is 16.0. The van der Waals surface area contributed by atoms with E-state index in [-0.39, 0.29) is 6.61 Å². The molecule has 0 aromatic heterocycles. The van der Waals surface area contributed by atoms with Gasteiger partial charge in [-0.2, -0.15) is 0 Å². The molecule has 1 aliphatic rings. The lowest BCUT2D eigenvalue weighted by molar-refractivity contribution is 0.110. The van der Waals surface area contributed by atoms with Crippen LogP contribution in [0.5, 0.6) is 11.5 Å². The van der Waals surface area contributed by atoms with Crippen molar-refractivity contribution in [1.82, 2.24) is 5.32 Å². The maximum Gasteiger partial charge on any atom is 0.175 e. The summed E-state index contributed by atoms with van der Waals surface area (Å²) in [7, 11) is 1.63. The summed E-state index contributed by atoms with van der Waals surface area (Å²) in [4.78, 5) is 0. The van der Waals surface area contributed by atoms with Crippen molar-refractivity contribution in [2.45, 2.75) is 32.1 Å². The van der Waals surface area contributed by atoms with Gasteiger partial charge in [-0.15, -0.1) is 0 Å². The molecule has 0 saturated carbocycles. The number of rotatable bonds is 8. The molecule has 0 amide bonds. The first-order chi connectivity index (χ1) is 13.1. The molecule has 3 rings (SSSR count). The topological polar surface area (TPSA) is 39.7 Å². The number of ether oxygens (including phenoxy) is 3. The van der Waals surface area contributed by atoms with Gasteiger partial charge in [-0.25, -0.2) is 0 Å². The summed E-state index contributed by atoms with van der Waals surface area (Å²) < 4.78 is 17.9. The van der Waals surface area contributed by atoms with Gasteiger partial charge in [0.15, 0.2) is 11.5 Å². The Morgan fingerprint density at radius 2 is 2.04 bits per heavy atom. The highest BCUT2D eigenvalue weighted by molar-refractivity contribution is 9.10. The lowest BCUT2D eigenvalue weighted by Crippen LogP contribution is -2.25. The molecular weight excluding hydrogens is 453 g/mol. The van der Waals surface area contributed by atoms with Crippen molar-refractivity contribution in [3.05, 3.63) is 56.0 Å². The molecule has 0 radical (unpaired) electrons. The van der Waals surface area contributed by atoms with E-state index in [9.17, 15) is 0 Å². The second-order valence-electron chi connectivity index (χ2n) is 6.36. The second kappa shape index (κ2) is 9.99. The van der Waals surface area contributed by atoms with Crippen molar-refractivity contribution in [3.8, 4) is 11.5 Å². The summed E-state index contributed by atoms with van der Waals surface area (Å²) in [6.07, 6.45) is 2.59. The minimum Gasteiger partial charge on any atom is -0.493 e. The van der Waals surface area contributed by atoms with E-state index in [4.69, 9.17) is 37.4 Å². The van der Waals surface area contributed by atoms with Crippen LogP contribution in [-0.4, -0.2) is 26.4 Å². The molecule has 0 bridgehead atoms. The largest absolute Gasteiger partial charge is 0.493 e. The lowest BCUT2D eigenvalue weighted by Gasteiger charge is -2.16. The van der Waals surface area contributed by atoms with Gasteiger partial charge in [0.2, 0.25) is 0 Å². The van der Waals surface area contributed by atoms with Crippen molar-refractivity contribution in [1.29, 1.82) is 0 Å². The highest BCUT2D eigenvalue weighted by Crippen LogP contribution is 2.38. The minimum atomic E-state index is 0.254. The van der Waals surface area contributed by atoms with Crippen molar-refractivity contribution >= 4 is 39.1 Å². The fraction of sp³-hybridized carbons (Fsp3) is 0.400. The Balaban J connectivity index is 1.66. The zero-order valence-electron chi connectivity index (χ0n) is 15.1. The predicted octanol–water partition coefficient (Wildman–Crippen LogP) is 5.61. The molecule has 1 saturated heterocycles. The number of hydrogen-bond donors (Lipinski definition) is 1. The molecule has 4 nitrogen and oxygen atoms in total. The number of benzene rings is 2. The number of methoxy groups -OCH3 is 1. The summed E-state index contributed by atoms with van der Waals surface area (Å²) in [5, 5.41) is 4.59. The number of nitrogens with one attached hydrogen (secondary N) is 1. The van der Waals surface area contributed by atoms with Crippen molar-refractivity contribution < 1.29 is 14.2 Å². The molecular formula is C20H22BrCl2NO3. The molecule has 1 atom stereocenters. The van der Waals surface area contributed by atoms with Crippen LogP contribution >= 0.6 is 39.1 Å². The third kappa shape index (κ3) is 5.52. The first-order valence-corrected chi connectivity index (χ1v) is 10.4. The van der Waals surface area contributed by atoms with Gasteiger partial charge in [0.25, 0.3) is 0 Å². The van der Waals surface area contributed by atoms with Gasteiger partial charge in [-0.3, -0.25) is 0 Å². The van der Waals surface area contributed by atoms with Gasteiger partial charge in [-0.05, 0) is 58.6 Å². The van der Waals surface area contributed by atoms with E-state index in [1.807, 2.05) is 18.2 Å². The molecule has 7 heteroatoms. The van der Waals surface area contributed by atoms with Crippen LogP contribution in [0.25, 0.3) is 0 Å². The Labute approximate surface area is 178 Å². The van der Waals surface area contributed by atoms with Gasteiger partial charge in [0.1, 0.15) is 6.61 Å². The normalized spacial score (nSPS) is 16.5. The van der Waals surface area contributed by atoms with Crippen LogP contribution in [-0.2, 0) is 17.9 Å². The van der Waals surface area contributed by atoms with E-state index in [0.717, 1.165) is 48.1 Å². The smallest absolute Gasteiger partial charge is 0.175 e. The van der Waals surface area contributed by atoms with Crippen LogP contribution in [0.1, 0.15) is 24.0 Å². The van der Waals surface area contributed by atoms with Crippen LogP contribution in [0.2, 0.25) is 10.0 Å². The average molecular weight is 475 g/mol. The highest BCUT2D eigenvalue weighted by atomic mass is 79.9. The Kier molecular flexibility index (Phi) is 7.67. The van der Waals surface area contributed by atoms with Crippen molar-refractivity contribution in [2.24, 2.45) is 0 Å². The lowest BCUT2D eigenvalue weighted by atomic mass is 10.2. The van der Waals surface area contributed by atoms with E-state index < -0.39 is 0 Å². The SMILES string of the molecule is COc1cc(CNC[C@H]2CCCO2)cc(Br)c1OCc1c(Cl)cccc1Cl. The standard InChI is InChI=1S/C20H22BrCl2NO3/c1-25-19-9-13(10-24-11-14-4-3-7-26-14)8-16(21)20(19)27-12-15-17(22)5-2-6-18(15)23/h2,5-6,8-9,14,24H,3-4,7,10-12H2,1H3/t14-/m1/s1. The maximum absolute atomic E-state index is 6.22. The molecule has 27 heavy (non-hydrogen) atoms. The van der Waals surface area contributed by atoms with Crippen LogP contribution in [0.3, 0.4) is 0 Å². The summed E-state index contributed by atoms with van der Waals surface area (Å²) in [6.45, 7) is 2.70. The summed E-state index contributed by atoms with van der Waals surface area (Å²) in [5.74, 6) is 1.28. The Hall–Kier alpha value is -0.980. The molecule has 2 aromatic rings. The summed E-state index contributed by atoms with van der Waals surface area (Å²) in [5.41, 5.74) is 1.84. The van der Waals surface area contributed by atoms with Gasteiger partial charge in [0.05, 0.1) is 17.7 Å². The predicted molar refractivity (Wildman–Crippen MR) is 112 cm³/mol. The molecule has 1 heterocycles. The van der Waals surface area contributed by atoms with E-state index in [1.54, 1.807) is 19.2 Å². The average Bonchev–Trinajstić information content (AvgIpc) is 3.15. The van der Waals surface area contributed by atoms with Gasteiger partial charge >= 0.3 is 0 Å². The molecule has 1 N–H and O–H groups in total. The highest BCUT2D eigenvalue weighted by Gasteiger charge is 2.16. The second-order valence-corrected chi connectivity index (χ2v) is 8.03. The van der Waals surface area contributed by atoms with Crippen molar-refractivity contribution in [3.63, 3.8) is 0 Å². The minimum absolute atomic E-state index is 0.254. The Morgan fingerprint density at radius 1 is 1.26 bits per heavy atom. The van der Waals surface area contributed by atoms with E-state index in [0.29, 0.717) is 27.6 Å². The molecule has 0 aliphatic carbocycles.